The molecule has 1 heterocycles. The SMILES string of the molecule is O=C1C2=C(Nc3ccccc3S[C@@H]2c2ccc(Cl)cc2)c2ccccc21. The van der Waals surface area contributed by atoms with Gasteiger partial charge in [0.25, 0.3) is 0 Å². The third kappa shape index (κ3) is 2.39. The van der Waals surface area contributed by atoms with E-state index >= 15 is 0 Å². The van der Waals surface area contributed by atoms with Crippen LogP contribution in [0.2, 0.25) is 5.02 Å². The molecule has 1 aliphatic carbocycles. The molecular weight excluding hydrogens is 362 g/mol. The molecular formula is C22H14ClNOS. The maximum atomic E-state index is 13.2. The van der Waals surface area contributed by atoms with Crippen molar-refractivity contribution in [2.45, 2.75) is 10.1 Å². The summed E-state index contributed by atoms with van der Waals surface area (Å²) in [7, 11) is 0. The number of halogens is 1. The van der Waals surface area contributed by atoms with Crippen molar-refractivity contribution in [3.05, 3.63) is 100 Å². The number of para-hydroxylation sites is 1. The van der Waals surface area contributed by atoms with Gasteiger partial charge >= 0.3 is 0 Å². The summed E-state index contributed by atoms with van der Waals surface area (Å²) in [6.45, 7) is 0. The Balaban J connectivity index is 1.74. The first-order chi connectivity index (χ1) is 12.7. The molecule has 0 aromatic heterocycles. The van der Waals surface area contributed by atoms with Gasteiger partial charge in [-0.3, -0.25) is 4.79 Å². The first kappa shape index (κ1) is 15.7. The van der Waals surface area contributed by atoms with E-state index in [0.717, 1.165) is 38.5 Å². The molecule has 1 N–H and O–H groups in total. The van der Waals surface area contributed by atoms with Gasteiger partial charge in [-0.15, -0.1) is 11.8 Å². The highest BCUT2D eigenvalue weighted by atomic mass is 35.5. The van der Waals surface area contributed by atoms with Gasteiger partial charge in [0.05, 0.1) is 16.6 Å². The van der Waals surface area contributed by atoms with E-state index in [1.807, 2.05) is 60.7 Å². The lowest BCUT2D eigenvalue weighted by Gasteiger charge is -2.17. The van der Waals surface area contributed by atoms with E-state index in [9.17, 15) is 4.79 Å². The predicted octanol–water partition coefficient (Wildman–Crippen LogP) is 6.21. The molecule has 0 amide bonds. The van der Waals surface area contributed by atoms with E-state index < -0.39 is 0 Å². The number of Topliss-reactive ketones (excluding diaryl/α,β-unsaturated/α-hetero) is 1. The van der Waals surface area contributed by atoms with E-state index in [0.29, 0.717) is 5.02 Å². The predicted molar refractivity (Wildman–Crippen MR) is 108 cm³/mol. The first-order valence-electron chi connectivity index (χ1n) is 8.39. The summed E-state index contributed by atoms with van der Waals surface area (Å²) < 4.78 is 0. The Kier molecular flexibility index (Phi) is 3.66. The third-order valence-corrected chi connectivity index (χ3v) is 6.39. The van der Waals surface area contributed by atoms with Crippen molar-refractivity contribution >= 4 is 40.5 Å². The van der Waals surface area contributed by atoms with Gasteiger partial charge < -0.3 is 5.32 Å². The number of rotatable bonds is 1. The zero-order valence-electron chi connectivity index (χ0n) is 13.7. The summed E-state index contributed by atoms with van der Waals surface area (Å²) in [5.41, 5.74) is 5.59. The number of benzene rings is 3. The second kappa shape index (κ2) is 6.04. The largest absolute Gasteiger partial charge is 0.354 e. The van der Waals surface area contributed by atoms with Crippen molar-refractivity contribution < 1.29 is 4.79 Å². The summed E-state index contributed by atoms with van der Waals surface area (Å²) in [4.78, 5) is 14.4. The van der Waals surface area contributed by atoms with Crippen LogP contribution in [0.25, 0.3) is 5.70 Å². The minimum atomic E-state index is -0.0849. The average molecular weight is 376 g/mol. The number of fused-ring (bicyclic) bond motifs is 3. The second-order valence-electron chi connectivity index (χ2n) is 6.33. The Morgan fingerprint density at radius 1 is 0.846 bits per heavy atom. The van der Waals surface area contributed by atoms with Gasteiger partial charge in [-0.2, -0.15) is 0 Å². The van der Waals surface area contributed by atoms with E-state index in [-0.39, 0.29) is 11.0 Å². The van der Waals surface area contributed by atoms with Gasteiger partial charge in [0, 0.05) is 26.6 Å². The minimum absolute atomic E-state index is 0.0849. The van der Waals surface area contributed by atoms with Gasteiger partial charge in [-0.1, -0.05) is 60.1 Å². The fourth-order valence-corrected chi connectivity index (χ4v) is 4.97. The normalized spacial score (nSPS) is 17.9. The Morgan fingerprint density at radius 3 is 2.35 bits per heavy atom. The van der Waals surface area contributed by atoms with Crippen LogP contribution in [0.5, 0.6) is 0 Å². The number of thioether (sulfide) groups is 1. The molecule has 2 nitrogen and oxygen atoms in total. The molecule has 0 fully saturated rings. The lowest BCUT2D eigenvalue weighted by molar-refractivity contribution is 0.103. The third-order valence-electron chi connectivity index (χ3n) is 4.78. The van der Waals surface area contributed by atoms with Crippen LogP contribution in [0.15, 0.2) is 83.3 Å². The Hall–Kier alpha value is -2.49. The van der Waals surface area contributed by atoms with E-state index in [1.54, 1.807) is 11.8 Å². The van der Waals surface area contributed by atoms with Crippen LogP contribution in [0.3, 0.4) is 0 Å². The van der Waals surface area contributed by atoms with E-state index in [4.69, 9.17) is 11.6 Å². The zero-order chi connectivity index (χ0) is 17.7. The molecule has 26 heavy (non-hydrogen) atoms. The summed E-state index contributed by atoms with van der Waals surface area (Å²) in [5.74, 6) is 0.100. The zero-order valence-corrected chi connectivity index (χ0v) is 15.3. The molecule has 126 valence electrons. The molecule has 0 unspecified atom stereocenters. The molecule has 0 saturated heterocycles. The van der Waals surface area contributed by atoms with Crippen molar-refractivity contribution in [3.8, 4) is 0 Å². The van der Waals surface area contributed by atoms with E-state index in [1.165, 1.54) is 0 Å². The van der Waals surface area contributed by atoms with Crippen LogP contribution >= 0.6 is 23.4 Å². The molecule has 1 aliphatic heterocycles. The molecule has 5 rings (SSSR count). The number of ketones is 1. The van der Waals surface area contributed by atoms with Gasteiger partial charge in [0.2, 0.25) is 0 Å². The van der Waals surface area contributed by atoms with Crippen LogP contribution < -0.4 is 5.32 Å². The number of hydrogen-bond acceptors (Lipinski definition) is 3. The maximum absolute atomic E-state index is 13.2. The minimum Gasteiger partial charge on any atom is -0.354 e. The summed E-state index contributed by atoms with van der Waals surface area (Å²) >= 11 is 7.78. The number of carbonyl (C=O) groups is 1. The van der Waals surface area contributed by atoms with Crippen molar-refractivity contribution in [1.29, 1.82) is 0 Å². The molecule has 0 bridgehead atoms. The summed E-state index contributed by atoms with van der Waals surface area (Å²) in [6.07, 6.45) is 0. The van der Waals surface area contributed by atoms with Crippen molar-refractivity contribution in [1.82, 2.24) is 0 Å². The molecule has 3 aromatic rings. The first-order valence-corrected chi connectivity index (χ1v) is 9.64. The molecule has 2 aliphatic rings. The highest BCUT2D eigenvalue weighted by molar-refractivity contribution is 8.00. The van der Waals surface area contributed by atoms with Crippen LogP contribution in [0.4, 0.5) is 5.69 Å². The molecule has 0 spiro atoms. The molecule has 0 saturated carbocycles. The van der Waals surface area contributed by atoms with Gasteiger partial charge in [0.15, 0.2) is 5.78 Å². The quantitative estimate of drug-likeness (QED) is 0.548. The van der Waals surface area contributed by atoms with Crippen LogP contribution in [0.1, 0.15) is 26.7 Å². The molecule has 4 heteroatoms. The van der Waals surface area contributed by atoms with Gasteiger partial charge in [-0.05, 0) is 29.8 Å². The van der Waals surface area contributed by atoms with Gasteiger partial charge in [-0.25, -0.2) is 0 Å². The number of carbonyl (C=O) groups excluding carboxylic acids is 1. The average Bonchev–Trinajstić information content (AvgIpc) is 2.84. The monoisotopic (exact) mass is 375 g/mol. The van der Waals surface area contributed by atoms with Crippen molar-refractivity contribution in [2.24, 2.45) is 0 Å². The van der Waals surface area contributed by atoms with Crippen molar-refractivity contribution in [3.63, 3.8) is 0 Å². The number of anilines is 1. The molecule has 3 aromatic carbocycles. The number of hydrogen-bond donors (Lipinski definition) is 1. The highest BCUT2D eigenvalue weighted by Gasteiger charge is 2.37. The fourth-order valence-electron chi connectivity index (χ4n) is 3.55. The number of nitrogens with one attached hydrogen (secondary N) is 1. The molecule has 1 atom stereocenters. The van der Waals surface area contributed by atoms with Crippen LogP contribution in [0, 0.1) is 0 Å². The second-order valence-corrected chi connectivity index (χ2v) is 7.92. The summed E-state index contributed by atoms with van der Waals surface area (Å²) in [6, 6.07) is 23.8. The fraction of sp³-hybridized carbons (Fsp3) is 0.0455. The lowest BCUT2D eigenvalue weighted by Crippen LogP contribution is -2.07. The lowest BCUT2D eigenvalue weighted by atomic mass is 10.0. The van der Waals surface area contributed by atoms with Crippen LogP contribution in [-0.4, -0.2) is 5.78 Å². The topological polar surface area (TPSA) is 29.1 Å². The standard InChI is InChI=1S/C22H14ClNOS/c23-14-11-9-13(10-12-14)22-19-20(15-5-1-2-6-16(15)21(19)25)24-17-7-3-4-8-18(17)26-22/h1-12,22,24H/t22-/m1/s1. The molecule has 0 radical (unpaired) electrons. The van der Waals surface area contributed by atoms with Crippen LogP contribution in [-0.2, 0) is 0 Å². The summed E-state index contributed by atoms with van der Waals surface area (Å²) in [5, 5.41) is 4.14. The van der Waals surface area contributed by atoms with Crippen molar-refractivity contribution in [2.75, 3.05) is 5.32 Å². The maximum Gasteiger partial charge on any atom is 0.193 e. The highest BCUT2D eigenvalue weighted by Crippen LogP contribution is 2.52. The Labute approximate surface area is 160 Å². The van der Waals surface area contributed by atoms with E-state index in [2.05, 4.69) is 17.4 Å². The smallest absolute Gasteiger partial charge is 0.193 e. The Morgan fingerprint density at radius 2 is 1.54 bits per heavy atom. The van der Waals surface area contributed by atoms with Gasteiger partial charge in [0.1, 0.15) is 0 Å². The Bertz CT molecular complexity index is 1070.